The van der Waals surface area contributed by atoms with E-state index in [1.54, 1.807) is 25.2 Å². The van der Waals surface area contributed by atoms with Gasteiger partial charge in [-0.15, -0.1) is 0 Å². The highest BCUT2D eigenvalue weighted by atomic mass is 32.2. The van der Waals surface area contributed by atoms with E-state index in [0.717, 1.165) is 28.9 Å². The van der Waals surface area contributed by atoms with Crippen LogP contribution in [0.4, 0.5) is 0 Å². The molecule has 0 amide bonds. The summed E-state index contributed by atoms with van der Waals surface area (Å²) in [6.45, 7) is 5.80. The van der Waals surface area contributed by atoms with Gasteiger partial charge in [-0.3, -0.25) is 4.99 Å². The van der Waals surface area contributed by atoms with Crippen molar-refractivity contribution in [1.29, 1.82) is 0 Å². The number of sulfonamides is 1. The number of nitrogens with one attached hydrogen (secondary N) is 3. The lowest BCUT2D eigenvalue weighted by molar-refractivity contribution is 0.313. The van der Waals surface area contributed by atoms with Crippen LogP contribution in [0.25, 0.3) is 0 Å². The van der Waals surface area contributed by atoms with E-state index in [1.807, 2.05) is 25.1 Å². The Morgan fingerprint density at radius 3 is 2.55 bits per heavy atom. The highest BCUT2D eigenvalue weighted by Crippen LogP contribution is 2.20. The molecule has 0 fully saturated rings. The molecular weight excluding hydrogens is 388 g/mol. The van der Waals surface area contributed by atoms with E-state index in [-0.39, 0.29) is 4.90 Å². The highest BCUT2D eigenvalue weighted by molar-refractivity contribution is 7.89. The summed E-state index contributed by atoms with van der Waals surface area (Å²) >= 11 is 0. The van der Waals surface area contributed by atoms with E-state index in [0.29, 0.717) is 25.7 Å². The molecule has 0 aromatic heterocycles. The zero-order valence-corrected chi connectivity index (χ0v) is 18.3. The third-order valence-electron chi connectivity index (χ3n) is 4.29. The minimum absolute atomic E-state index is 0.236. The van der Waals surface area contributed by atoms with Gasteiger partial charge in [0.1, 0.15) is 5.75 Å². The lowest BCUT2D eigenvalue weighted by Crippen LogP contribution is -2.36. The maximum atomic E-state index is 12.0. The number of hydrogen-bond acceptors (Lipinski definition) is 4. The average molecular weight is 419 g/mol. The molecule has 0 spiro atoms. The molecule has 2 aromatic rings. The van der Waals surface area contributed by atoms with Crippen LogP contribution in [0, 0.1) is 6.92 Å². The smallest absolute Gasteiger partial charge is 0.240 e. The Kier molecular flexibility index (Phi) is 8.48. The monoisotopic (exact) mass is 418 g/mol. The van der Waals surface area contributed by atoms with E-state index >= 15 is 0 Å². The summed E-state index contributed by atoms with van der Waals surface area (Å²) in [4.78, 5) is 4.47. The van der Waals surface area contributed by atoms with Crippen molar-refractivity contribution < 1.29 is 13.2 Å². The topological polar surface area (TPSA) is 91.8 Å². The van der Waals surface area contributed by atoms with Gasteiger partial charge in [0.05, 0.1) is 11.5 Å². The Bertz CT molecular complexity index is 943. The molecule has 0 aliphatic carbocycles. The third-order valence-corrected chi connectivity index (χ3v) is 5.70. The third kappa shape index (κ3) is 6.76. The van der Waals surface area contributed by atoms with Crippen molar-refractivity contribution in [2.75, 3.05) is 20.7 Å². The summed E-state index contributed by atoms with van der Waals surface area (Å²) < 4.78 is 32.1. The Labute approximate surface area is 173 Å². The maximum absolute atomic E-state index is 12.0. The molecule has 0 aliphatic rings. The molecule has 3 N–H and O–H groups in total. The highest BCUT2D eigenvalue weighted by Gasteiger charge is 2.11. The van der Waals surface area contributed by atoms with Crippen LogP contribution in [0.3, 0.4) is 0 Å². The Morgan fingerprint density at radius 2 is 1.86 bits per heavy atom. The van der Waals surface area contributed by atoms with Gasteiger partial charge in [0.2, 0.25) is 10.0 Å². The summed E-state index contributed by atoms with van der Waals surface area (Å²) in [5, 5.41) is 6.49. The van der Waals surface area contributed by atoms with E-state index in [4.69, 9.17) is 4.74 Å². The van der Waals surface area contributed by atoms with Gasteiger partial charge in [0.25, 0.3) is 0 Å². The van der Waals surface area contributed by atoms with Crippen molar-refractivity contribution in [3.8, 4) is 5.75 Å². The Balaban J connectivity index is 2.00. The van der Waals surface area contributed by atoms with Crippen LogP contribution >= 0.6 is 0 Å². The molecule has 7 nitrogen and oxygen atoms in total. The van der Waals surface area contributed by atoms with Crippen molar-refractivity contribution >= 4 is 16.0 Å². The zero-order chi connectivity index (χ0) is 21.3. The molecule has 0 unspecified atom stereocenters. The number of nitrogens with zero attached hydrogens (tertiary/aromatic N) is 1. The van der Waals surface area contributed by atoms with Crippen LogP contribution in [0.15, 0.2) is 52.4 Å². The second-order valence-corrected chi connectivity index (χ2v) is 8.48. The fourth-order valence-electron chi connectivity index (χ4n) is 2.68. The van der Waals surface area contributed by atoms with E-state index in [9.17, 15) is 8.42 Å². The first-order valence-electron chi connectivity index (χ1n) is 9.59. The van der Waals surface area contributed by atoms with Gasteiger partial charge >= 0.3 is 0 Å². The quantitative estimate of drug-likeness (QED) is 0.430. The summed E-state index contributed by atoms with van der Waals surface area (Å²) in [7, 11) is -0.371. The molecule has 29 heavy (non-hydrogen) atoms. The number of ether oxygens (including phenoxy) is 1. The molecule has 0 saturated heterocycles. The fourth-order valence-corrected chi connectivity index (χ4v) is 3.48. The molecular formula is C21H30N4O3S. The van der Waals surface area contributed by atoms with Crippen LogP contribution in [0.1, 0.15) is 30.0 Å². The van der Waals surface area contributed by atoms with Gasteiger partial charge in [-0.25, -0.2) is 13.1 Å². The van der Waals surface area contributed by atoms with Crippen LogP contribution in [0.2, 0.25) is 0 Å². The first-order valence-corrected chi connectivity index (χ1v) is 11.1. The van der Waals surface area contributed by atoms with Crippen LogP contribution in [-0.2, 0) is 23.1 Å². The lowest BCUT2D eigenvalue weighted by Gasteiger charge is -2.15. The molecule has 8 heteroatoms. The number of benzene rings is 2. The molecule has 2 rings (SSSR count). The van der Waals surface area contributed by atoms with Crippen molar-refractivity contribution in [2.45, 2.75) is 38.3 Å². The van der Waals surface area contributed by atoms with Crippen molar-refractivity contribution in [1.82, 2.24) is 15.4 Å². The predicted octanol–water partition coefficient (Wildman–Crippen LogP) is 2.56. The van der Waals surface area contributed by atoms with Crippen molar-refractivity contribution in [3.05, 3.63) is 59.2 Å². The summed E-state index contributed by atoms with van der Waals surface area (Å²) in [6, 6.07) is 12.9. The summed E-state index contributed by atoms with van der Waals surface area (Å²) in [6.07, 6.45) is 0.951. The van der Waals surface area contributed by atoms with Crippen LogP contribution < -0.4 is 20.1 Å². The lowest BCUT2D eigenvalue weighted by atomic mass is 10.1. The molecule has 2 aromatic carbocycles. The van der Waals surface area contributed by atoms with Crippen LogP contribution in [-0.4, -0.2) is 35.1 Å². The molecule has 0 saturated carbocycles. The minimum atomic E-state index is -3.46. The first-order chi connectivity index (χ1) is 13.9. The fraction of sp³-hybridized carbons (Fsp3) is 0.381. The normalized spacial score (nSPS) is 11.9. The van der Waals surface area contributed by atoms with Gasteiger partial charge in [0.15, 0.2) is 5.96 Å². The first kappa shape index (κ1) is 22.7. The molecule has 0 aliphatic heterocycles. The number of rotatable bonds is 9. The SMILES string of the molecule is CCCOc1cc(C)ccc1CNC(=NC)NCc1cccc(S(=O)(=O)NC)c1. The number of aliphatic imine (C=N–C) groups is 1. The number of hydrogen-bond donors (Lipinski definition) is 3. The second kappa shape index (κ2) is 10.8. The van der Waals surface area contributed by atoms with E-state index in [1.165, 1.54) is 7.05 Å². The van der Waals surface area contributed by atoms with E-state index < -0.39 is 10.0 Å². The molecule has 158 valence electrons. The van der Waals surface area contributed by atoms with Gasteiger partial charge in [-0.2, -0.15) is 0 Å². The Morgan fingerprint density at radius 1 is 1.10 bits per heavy atom. The van der Waals surface area contributed by atoms with Crippen molar-refractivity contribution in [3.63, 3.8) is 0 Å². The van der Waals surface area contributed by atoms with Gasteiger partial charge in [0, 0.05) is 25.7 Å². The molecule has 0 radical (unpaired) electrons. The minimum Gasteiger partial charge on any atom is -0.493 e. The summed E-state index contributed by atoms with van der Waals surface area (Å²) in [5.41, 5.74) is 3.04. The van der Waals surface area contributed by atoms with Gasteiger partial charge in [-0.1, -0.05) is 31.2 Å². The van der Waals surface area contributed by atoms with Crippen molar-refractivity contribution in [2.24, 2.45) is 4.99 Å². The zero-order valence-electron chi connectivity index (χ0n) is 17.5. The van der Waals surface area contributed by atoms with Gasteiger partial charge in [-0.05, 0) is 49.7 Å². The maximum Gasteiger partial charge on any atom is 0.240 e. The molecule has 0 heterocycles. The predicted molar refractivity (Wildman–Crippen MR) is 117 cm³/mol. The number of guanidine groups is 1. The number of aryl methyl sites for hydroxylation is 1. The molecule has 0 atom stereocenters. The molecule has 0 bridgehead atoms. The average Bonchev–Trinajstić information content (AvgIpc) is 2.73. The van der Waals surface area contributed by atoms with Crippen LogP contribution in [0.5, 0.6) is 5.75 Å². The van der Waals surface area contributed by atoms with E-state index in [2.05, 4.69) is 33.3 Å². The van der Waals surface area contributed by atoms with Gasteiger partial charge < -0.3 is 15.4 Å². The second-order valence-electron chi connectivity index (χ2n) is 6.59. The standard InChI is InChI=1S/C21H30N4O3S/c1-5-11-28-20-12-16(2)9-10-18(20)15-25-21(22-3)24-14-17-7-6-8-19(13-17)29(26,27)23-4/h6-10,12-13,23H,5,11,14-15H2,1-4H3,(H2,22,24,25). The largest absolute Gasteiger partial charge is 0.493 e. The summed E-state index contributed by atoms with van der Waals surface area (Å²) in [5.74, 6) is 1.49. The Hall–Kier alpha value is -2.58.